The van der Waals surface area contributed by atoms with Crippen LogP contribution < -0.4 is 0 Å². The highest BCUT2D eigenvalue weighted by Crippen LogP contribution is 2.21. The highest BCUT2D eigenvalue weighted by molar-refractivity contribution is 7.89. The number of nitro groups is 1. The fourth-order valence-electron chi connectivity index (χ4n) is 1.69. The van der Waals surface area contributed by atoms with Crippen LogP contribution in [0.2, 0.25) is 0 Å². The minimum Gasteiger partial charge on any atom is -0.389 e. The Morgan fingerprint density at radius 3 is 2.15 bits per heavy atom. The van der Waals surface area contributed by atoms with Crippen molar-refractivity contribution in [3.05, 3.63) is 34.4 Å². The molecule has 1 aromatic carbocycles. The first-order valence-electron chi connectivity index (χ1n) is 6.05. The molecule has 1 N–H and O–H groups in total. The van der Waals surface area contributed by atoms with Gasteiger partial charge in [-0.3, -0.25) is 10.1 Å². The first-order valence-corrected chi connectivity index (χ1v) is 7.49. The van der Waals surface area contributed by atoms with E-state index in [9.17, 15) is 23.6 Å². The Morgan fingerprint density at radius 1 is 1.30 bits per heavy atom. The largest absolute Gasteiger partial charge is 0.389 e. The summed E-state index contributed by atoms with van der Waals surface area (Å²) in [5.74, 6) is 0. The average molecular weight is 302 g/mol. The van der Waals surface area contributed by atoms with Gasteiger partial charge < -0.3 is 5.11 Å². The summed E-state index contributed by atoms with van der Waals surface area (Å²) in [7, 11) is -3.78. The van der Waals surface area contributed by atoms with E-state index in [0.717, 1.165) is 16.4 Å². The second-order valence-electron chi connectivity index (χ2n) is 4.99. The van der Waals surface area contributed by atoms with Gasteiger partial charge in [-0.15, -0.1) is 0 Å². The number of rotatable bonds is 6. The van der Waals surface area contributed by atoms with Crippen molar-refractivity contribution in [3.8, 4) is 0 Å². The van der Waals surface area contributed by atoms with Crippen LogP contribution in [0, 0.1) is 10.1 Å². The summed E-state index contributed by atoms with van der Waals surface area (Å²) in [5, 5.41) is 20.3. The molecule has 0 aliphatic heterocycles. The van der Waals surface area contributed by atoms with Gasteiger partial charge in [-0.05, 0) is 26.0 Å². The van der Waals surface area contributed by atoms with Crippen LogP contribution in [0.15, 0.2) is 29.2 Å². The van der Waals surface area contributed by atoms with Gasteiger partial charge in [-0.25, -0.2) is 8.42 Å². The number of hydrogen-bond donors (Lipinski definition) is 1. The van der Waals surface area contributed by atoms with Crippen molar-refractivity contribution < 1.29 is 18.4 Å². The van der Waals surface area contributed by atoms with E-state index in [2.05, 4.69) is 0 Å². The normalized spacial score (nSPS) is 12.7. The average Bonchev–Trinajstić information content (AvgIpc) is 2.34. The van der Waals surface area contributed by atoms with E-state index in [4.69, 9.17) is 0 Å². The van der Waals surface area contributed by atoms with Gasteiger partial charge in [0.2, 0.25) is 10.0 Å². The zero-order chi connectivity index (χ0) is 15.6. The van der Waals surface area contributed by atoms with Crippen LogP contribution in [0.3, 0.4) is 0 Å². The minimum absolute atomic E-state index is 0.0331. The van der Waals surface area contributed by atoms with Gasteiger partial charge >= 0.3 is 0 Å². The third kappa shape index (κ3) is 3.99. The van der Waals surface area contributed by atoms with Crippen LogP contribution in [-0.2, 0) is 10.0 Å². The number of benzene rings is 1. The minimum atomic E-state index is -3.78. The predicted molar refractivity (Wildman–Crippen MR) is 73.8 cm³/mol. The number of likely N-dealkylation sites (N-methyl/N-ethyl adjacent to an activating group) is 1. The lowest BCUT2D eigenvalue weighted by molar-refractivity contribution is -0.384. The maximum absolute atomic E-state index is 12.4. The molecule has 7 nitrogen and oxygen atoms in total. The van der Waals surface area contributed by atoms with Crippen molar-refractivity contribution in [2.45, 2.75) is 31.3 Å². The second kappa shape index (κ2) is 5.86. The van der Waals surface area contributed by atoms with Crippen LogP contribution in [0.1, 0.15) is 20.8 Å². The summed E-state index contributed by atoms with van der Waals surface area (Å²) in [4.78, 5) is 9.93. The van der Waals surface area contributed by atoms with Crippen LogP contribution in [0.25, 0.3) is 0 Å². The lowest BCUT2D eigenvalue weighted by Gasteiger charge is -2.27. The van der Waals surface area contributed by atoms with Gasteiger partial charge in [-0.1, -0.05) is 6.92 Å². The van der Waals surface area contributed by atoms with Gasteiger partial charge in [0.05, 0.1) is 15.4 Å². The fraction of sp³-hybridized carbons (Fsp3) is 0.500. The maximum atomic E-state index is 12.4. The molecule has 0 fully saturated rings. The van der Waals surface area contributed by atoms with Crippen molar-refractivity contribution >= 4 is 15.7 Å². The van der Waals surface area contributed by atoms with E-state index in [1.165, 1.54) is 26.0 Å². The molecule has 0 aliphatic rings. The van der Waals surface area contributed by atoms with E-state index in [-0.39, 0.29) is 23.7 Å². The number of aliphatic hydroxyl groups is 1. The highest BCUT2D eigenvalue weighted by Gasteiger charge is 2.28. The second-order valence-corrected chi connectivity index (χ2v) is 6.93. The Labute approximate surface area is 118 Å². The SMILES string of the molecule is CCN(CC(C)(C)O)S(=O)(=O)c1ccc([N+](=O)[O-])cc1. The summed E-state index contributed by atoms with van der Waals surface area (Å²) >= 11 is 0. The summed E-state index contributed by atoms with van der Waals surface area (Å²) in [6.07, 6.45) is 0. The summed E-state index contributed by atoms with van der Waals surface area (Å²) in [6, 6.07) is 4.68. The Hall–Kier alpha value is -1.51. The maximum Gasteiger partial charge on any atom is 0.269 e. The van der Waals surface area contributed by atoms with Crippen LogP contribution in [0.4, 0.5) is 5.69 Å². The van der Waals surface area contributed by atoms with Gasteiger partial charge in [0, 0.05) is 25.2 Å². The third-order valence-corrected chi connectivity index (χ3v) is 4.54. The standard InChI is InChI=1S/C12H18N2O5S/c1-4-13(9-12(2,3)15)20(18,19)11-7-5-10(6-8-11)14(16)17/h5-8,15H,4,9H2,1-3H3. The fourth-order valence-corrected chi connectivity index (χ4v) is 3.29. The van der Waals surface area contributed by atoms with Gasteiger partial charge in [0.25, 0.3) is 5.69 Å². The summed E-state index contributed by atoms with van der Waals surface area (Å²) in [5.41, 5.74) is -1.33. The number of nitro benzene ring substituents is 1. The molecular weight excluding hydrogens is 284 g/mol. The molecule has 0 atom stereocenters. The van der Waals surface area contributed by atoms with Crippen LogP contribution >= 0.6 is 0 Å². The molecule has 0 aliphatic carbocycles. The van der Waals surface area contributed by atoms with Crippen molar-refractivity contribution in [2.24, 2.45) is 0 Å². The Morgan fingerprint density at radius 2 is 1.80 bits per heavy atom. The molecular formula is C12H18N2O5S. The molecule has 1 aromatic rings. The molecule has 0 bridgehead atoms. The molecule has 0 aromatic heterocycles. The molecule has 1 rings (SSSR count). The first-order chi connectivity index (χ1) is 9.08. The predicted octanol–water partition coefficient (Wildman–Crippen LogP) is 1.38. The van der Waals surface area contributed by atoms with Gasteiger partial charge in [0.15, 0.2) is 0 Å². The van der Waals surface area contributed by atoms with Gasteiger partial charge in [-0.2, -0.15) is 4.31 Å². The molecule has 8 heteroatoms. The van der Waals surface area contributed by atoms with Crippen LogP contribution in [0.5, 0.6) is 0 Å². The first kappa shape index (κ1) is 16.5. The lowest BCUT2D eigenvalue weighted by atomic mass is 10.1. The van der Waals surface area contributed by atoms with E-state index in [0.29, 0.717) is 0 Å². The van der Waals surface area contributed by atoms with Crippen molar-refractivity contribution in [3.63, 3.8) is 0 Å². The van der Waals surface area contributed by atoms with E-state index in [1.807, 2.05) is 0 Å². The number of non-ortho nitro benzene ring substituents is 1. The zero-order valence-electron chi connectivity index (χ0n) is 11.6. The van der Waals surface area contributed by atoms with Crippen molar-refractivity contribution in [1.82, 2.24) is 4.31 Å². The number of hydrogen-bond acceptors (Lipinski definition) is 5. The third-order valence-electron chi connectivity index (χ3n) is 2.60. The quantitative estimate of drug-likeness (QED) is 0.632. The topological polar surface area (TPSA) is 101 Å². The zero-order valence-corrected chi connectivity index (χ0v) is 12.4. The Kier molecular flexibility index (Phi) is 4.85. The molecule has 0 heterocycles. The molecule has 0 unspecified atom stereocenters. The molecule has 0 spiro atoms. The Balaban J connectivity index is 3.11. The van der Waals surface area contributed by atoms with Crippen molar-refractivity contribution in [1.29, 1.82) is 0 Å². The summed E-state index contributed by atoms with van der Waals surface area (Å²) < 4.78 is 25.9. The molecule has 0 amide bonds. The smallest absolute Gasteiger partial charge is 0.269 e. The molecule has 0 radical (unpaired) electrons. The van der Waals surface area contributed by atoms with E-state index < -0.39 is 20.5 Å². The highest BCUT2D eigenvalue weighted by atomic mass is 32.2. The Bertz CT molecular complexity index is 575. The molecule has 0 saturated carbocycles. The molecule has 0 saturated heterocycles. The summed E-state index contributed by atoms with van der Waals surface area (Å²) in [6.45, 7) is 4.84. The monoisotopic (exact) mass is 302 g/mol. The van der Waals surface area contributed by atoms with Gasteiger partial charge in [0.1, 0.15) is 0 Å². The number of nitrogens with zero attached hydrogens (tertiary/aromatic N) is 2. The van der Waals surface area contributed by atoms with E-state index in [1.54, 1.807) is 6.92 Å². The molecule has 112 valence electrons. The van der Waals surface area contributed by atoms with Crippen molar-refractivity contribution in [2.75, 3.05) is 13.1 Å². The molecule has 20 heavy (non-hydrogen) atoms. The lowest BCUT2D eigenvalue weighted by Crippen LogP contribution is -2.42. The van der Waals surface area contributed by atoms with E-state index >= 15 is 0 Å². The van der Waals surface area contributed by atoms with Crippen LogP contribution in [-0.4, -0.2) is 41.4 Å². The number of sulfonamides is 1.